The Morgan fingerprint density at radius 3 is 2.66 bits per heavy atom. The fraction of sp³-hybridized carbons (Fsp3) is 0.438. The van der Waals surface area contributed by atoms with Crippen LogP contribution in [0.25, 0.3) is 10.4 Å². The number of hydrogen-bond acceptors (Lipinski definition) is 7. The molecule has 2 aliphatic rings. The van der Waals surface area contributed by atoms with Crippen LogP contribution in [0.2, 0.25) is 0 Å². The minimum Gasteiger partial charge on any atom is -0.543 e. The smallest absolute Gasteiger partial charge is 0.543 e. The average Bonchev–Trinajstić information content (AvgIpc) is 3.17. The number of carboxylic acid groups (broad SMARTS) is 1. The third kappa shape index (κ3) is 3.53. The first kappa shape index (κ1) is 22.6. The van der Waals surface area contributed by atoms with Crippen molar-refractivity contribution in [3.8, 4) is 0 Å². The van der Waals surface area contributed by atoms with E-state index in [1.54, 1.807) is 6.92 Å². The minimum absolute atomic E-state index is 0. The molecule has 2 aliphatic heterocycles. The van der Waals surface area contributed by atoms with Crippen LogP contribution in [0.15, 0.2) is 23.2 Å². The van der Waals surface area contributed by atoms with Gasteiger partial charge in [-0.15, -0.1) is 11.3 Å². The Morgan fingerprint density at radius 1 is 1.45 bits per heavy atom. The predicted molar refractivity (Wildman–Crippen MR) is 91.9 cm³/mol. The number of thiazole rings is 1. The number of aliphatic hydroxyl groups excluding tert-OH is 1. The third-order valence-electron chi connectivity index (χ3n) is 5.02. The number of β-lactam (4-membered cyclic amide) rings is 1. The van der Waals surface area contributed by atoms with Crippen LogP contribution in [0.5, 0.6) is 0 Å². The number of carbonyl (C=O) groups excluding carboxylic acids is 2. The molecule has 0 bridgehead atoms. The molecule has 1 N–H and O–H groups in total. The number of aromatic nitrogens is 2. The quantitative estimate of drug-likeness (QED) is 0.337. The van der Waals surface area contributed by atoms with Gasteiger partial charge in [0.15, 0.2) is 0 Å². The zero-order valence-corrected chi connectivity index (χ0v) is 19.1. The first-order chi connectivity index (χ1) is 13.0. The third-order valence-corrected chi connectivity index (χ3v) is 7.02. The number of thioether (sulfide) groups is 1. The van der Waals surface area contributed by atoms with E-state index in [9.17, 15) is 33.0 Å². The number of halogens is 3. The number of imidazole rings is 1. The molecular weight excluding hydrogens is 442 g/mol. The number of rotatable bonds is 4. The van der Waals surface area contributed by atoms with Gasteiger partial charge in [0.2, 0.25) is 5.91 Å². The van der Waals surface area contributed by atoms with Crippen molar-refractivity contribution in [3.63, 3.8) is 0 Å². The zero-order chi connectivity index (χ0) is 20.5. The maximum Gasteiger partial charge on any atom is 1.00 e. The van der Waals surface area contributed by atoms with Crippen molar-refractivity contribution in [2.24, 2.45) is 11.8 Å². The van der Waals surface area contributed by atoms with Crippen LogP contribution in [0.1, 0.15) is 18.7 Å². The summed E-state index contributed by atoms with van der Waals surface area (Å²) < 4.78 is 39.5. The normalized spacial score (nSPS) is 25.1. The second-order valence-electron chi connectivity index (χ2n) is 6.71. The number of amides is 1. The number of nitrogens with zero attached hydrogens (tertiary/aromatic N) is 3. The topological polar surface area (TPSA) is 98.0 Å². The zero-order valence-electron chi connectivity index (χ0n) is 15.4. The summed E-state index contributed by atoms with van der Waals surface area (Å²) in [5, 5.41) is 21.4. The van der Waals surface area contributed by atoms with E-state index < -0.39 is 41.4 Å². The summed E-state index contributed by atoms with van der Waals surface area (Å²) in [4.78, 5) is 29.6. The number of aliphatic hydroxyl groups is 1. The van der Waals surface area contributed by atoms with E-state index in [1.165, 1.54) is 23.8 Å². The van der Waals surface area contributed by atoms with Gasteiger partial charge in [-0.1, -0.05) is 6.92 Å². The Kier molecular flexibility index (Phi) is 5.91. The second-order valence-corrected chi connectivity index (χ2v) is 8.79. The largest absolute Gasteiger partial charge is 1.00 e. The second kappa shape index (κ2) is 7.57. The molecule has 4 heterocycles. The molecule has 4 rings (SSSR count). The minimum atomic E-state index is -4.50. The molecule has 2 aromatic heterocycles. The Bertz CT molecular complexity index is 1030. The van der Waals surface area contributed by atoms with Gasteiger partial charge in [0.05, 0.1) is 34.6 Å². The Labute approximate surface area is 192 Å². The SMILES string of the molecule is C[C@@H](O)[C@H]1C(=O)N2C(C(=O)[O-])=C(c3cn4cnc(SC(F)(F)F)c4s3)[C@H](C)[C@H]12.[Na+]. The van der Waals surface area contributed by atoms with Crippen molar-refractivity contribution in [1.82, 2.24) is 14.3 Å². The first-order valence-corrected chi connectivity index (χ1v) is 9.83. The van der Waals surface area contributed by atoms with Crippen molar-refractivity contribution in [2.75, 3.05) is 0 Å². The number of carboxylic acids is 1. The fourth-order valence-corrected chi connectivity index (χ4v) is 5.84. The van der Waals surface area contributed by atoms with Crippen molar-refractivity contribution in [2.45, 2.75) is 36.5 Å². The number of hydrogen-bond donors (Lipinski definition) is 1. The summed E-state index contributed by atoms with van der Waals surface area (Å²) in [5.41, 5.74) is -4.48. The molecule has 0 saturated carbocycles. The standard InChI is InChI=1S/C16H14F3N3O4S2.Na/c1-5-8(11(15(25)26)22-10(5)9(6(2)23)13(22)24)7-3-21-4-20-12(14(21)27-7)28-16(17,18)19;/h3-6,9-10,23H,1-2H3,(H,25,26);/q;+1/p-1/t5-,6+,9+,10+;/m0./s1. The van der Waals surface area contributed by atoms with Crippen LogP contribution in [0.3, 0.4) is 0 Å². The van der Waals surface area contributed by atoms with Gasteiger partial charge in [-0.3, -0.25) is 9.20 Å². The van der Waals surface area contributed by atoms with E-state index in [4.69, 9.17) is 0 Å². The van der Waals surface area contributed by atoms with Gasteiger partial charge >= 0.3 is 35.1 Å². The molecule has 13 heteroatoms. The van der Waals surface area contributed by atoms with Crippen molar-refractivity contribution in [3.05, 3.63) is 23.1 Å². The fourth-order valence-electron chi connectivity index (χ4n) is 3.97. The van der Waals surface area contributed by atoms with Gasteiger partial charge in [-0.2, -0.15) is 13.2 Å². The maximum atomic E-state index is 12.7. The number of alkyl halides is 3. The van der Waals surface area contributed by atoms with E-state index in [1.807, 2.05) is 0 Å². The molecule has 0 aliphatic carbocycles. The molecule has 0 radical (unpaired) electrons. The molecule has 7 nitrogen and oxygen atoms in total. The number of carbonyl (C=O) groups is 2. The van der Waals surface area contributed by atoms with Gasteiger partial charge in [0.25, 0.3) is 0 Å². The summed E-state index contributed by atoms with van der Waals surface area (Å²) in [6.07, 6.45) is 1.77. The van der Waals surface area contributed by atoms with E-state index >= 15 is 0 Å². The molecule has 0 unspecified atom stereocenters. The summed E-state index contributed by atoms with van der Waals surface area (Å²) in [7, 11) is 0. The molecule has 29 heavy (non-hydrogen) atoms. The van der Waals surface area contributed by atoms with E-state index in [0.29, 0.717) is 10.5 Å². The van der Waals surface area contributed by atoms with E-state index in [0.717, 1.165) is 16.2 Å². The van der Waals surface area contributed by atoms with Crippen LogP contribution in [-0.2, 0) is 9.59 Å². The molecule has 1 amide bonds. The molecule has 2 aromatic rings. The molecule has 0 spiro atoms. The summed E-state index contributed by atoms with van der Waals surface area (Å²) in [5.74, 6) is -3.20. The van der Waals surface area contributed by atoms with Gasteiger partial charge in [-0.25, -0.2) is 4.98 Å². The van der Waals surface area contributed by atoms with Gasteiger partial charge < -0.3 is 19.9 Å². The average molecular weight is 455 g/mol. The number of aliphatic carboxylic acids is 1. The summed E-state index contributed by atoms with van der Waals surface area (Å²) >= 11 is 0.621. The van der Waals surface area contributed by atoms with Crippen molar-refractivity contribution in [1.29, 1.82) is 0 Å². The van der Waals surface area contributed by atoms with Crippen LogP contribution in [-0.4, -0.2) is 48.9 Å². The van der Waals surface area contributed by atoms with Crippen molar-refractivity contribution < 1.29 is 62.5 Å². The van der Waals surface area contributed by atoms with Crippen LogP contribution < -0.4 is 34.7 Å². The molecule has 0 aromatic carbocycles. The molecular formula is C16H13F3N3NaO4S2. The monoisotopic (exact) mass is 455 g/mol. The maximum absolute atomic E-state index is 12.7. The van der Waals surface area contributed by atoms with Gasteiger partial charge in [0.1, 0.15) is 16.2 Å². The van der Waals surface area contributed by atoms with Crippen LogP contribution in [0, 0.1) is 11.8 Å². The molecule has 1 saturated heterocycles. The van der Waals surface area contributed by atoms with Gasteiger partial charge in [-0.05, 0) is 6.92 Å². The van der Waals surface area contributed by atoms with E-state index in [2.05, 4.69) is 4.98 Å². The van der Waals surface area contributed by atoms with Gasteiger partial charge in [0, 0.05) is 29.4 Å². The first-order valence-electron chi connectivity index (χ1n) is 8.20. The number of fused-ring (bicyclic) bond motifs is 2. The Balaban J connectivity index is 0.00000240. The molecule has 1 fully saturated rings. The van der Waals surface area contributed by atoms with Crippen LogP contribution in [0.4, 0.5) is 13.2 Å². The summed E-state index contributed by atoms with van der Waals surface area (Å²) in [6, 6.07) is -0.529. The molecule has 4 atom stereocenters. The van der Waals surface area contributed by atoms with Crippen molar-refractivity contribution >= 4 is 45.4 Å². The molecule has 150 valence electrons. The van der Waals surface area contributed by atoms with Crippen LogP contribution >= 0.6 is 23.1 Å². The van der Waals surface area contributed by atoms with E-state index in [-0.39, 0.29) is 56.9 Å². The Hall–Kier alpha value is -1.05. The summed E-state index contributed by atoms with van der Waals surface area (Å²) in [6.45, 7) is 3.19. The predicted octanol–water partition coefficient (Wildman–Crippen LogP) is -1.67. The Morgan fingerprint density at radius 2 is 2.10 bits per heavy atom.